The number of nitrogens with one attached hydrogen (secondary N) is 2. The van der Waals surface area contributed by atoms with Crippen LogP contribution in [0.5, 0.6) is 0 Å². The summed E-state index contributed by atoms with van der Waals surface area (Å²) >= 11 is 0. The smallest absolute Gasteiger partial charge is 0.268 e. The summed E-state index contributed by atoms with van der Waals surface area (Å²) in [5.41, 5.74) is 8.69. The largest absolute Gasteiger partial charge is 0.368 e. The van der Waals surface area contributed by atoms with Crippen molar-refractivity contribution >= 4 is 22.7 Å². The summed E-state index contributed by atoms with van der Waals surface area (Å²) in [6.45, 7) is 5.55. The molecule has 0 bridgehead atoms. The molecule has 2 rings (SSSR count). The zero-order valence-electron chi connectivity index (χ0n) is 11.2. The summed E-state index contributed by atoms with van der Waals surface area (Å²) in [4.78, 5) is 26.0. The number of aromatic amines is 1. The lowest BCUT2D eigenvalue weighted by Crippen LogP contribution is -2.42. The minimum atomic E-state index is -0.693. The Morgan fingerprint density at radius 3 is 2.58 bits per heavy atom. The molecular weight excluding hydrogens is 242 g/mol. The van der Waals surface area contributed by atoms with Crippen LogP contribution in [-0.2, 0) is 4.79 Å². The minimum Gasteiger partial charge on any atom is -0.368 e. The molecule has 5 heteroatoms. The van der Waals surface area contributed by atoms with Crippen LogP contribution in [-0.4, -0.2) is 22.8 Å². The molecule has 1 unspecified atom stereocenters. The molecule has 0 radical (unpaired) electrons. The van der Waals surface area contributed by atoms with E-state index in [4.69, 9.17) is 5.73 Å². The van der Waals surface area contributed by atoms with E-state index >= 15 is 0 Å². The highest BCUT2D eigenvalue weighted by molar-refractivity contribution is 6.00. The van der Waals surface area contributed by atoms with Crippen molar-refractivity contribution < 1.29 is 9.59 Å². The molecule has 2 amide bonds. The first-order valence-electron chi connectivity index (χ1n) is 6.08. The molecular formula is C14H17N3O2. The number of carbonyl (C=O) groups is 2. The number of benzene rings is 1. The zero-order valence-corrected chi connectivity index (χ0v) is 11.2. The number of hydrogen-bond acceptors (Lipinski definition) is 2. The van der Waals surface area contributed by atoms with Crippen LogP contribution in [0.4, 0.5) is 0 Å². The Hall–Kier alpha value is -2.30. The molecule has 100 valence electrons. The quantitative estimate of drug-likeness (QED) is 0.777. The fraction of sp³-hybridized carbons (Fsp3) is 0.286. The van der Waals surface area contributed by atoms with Gasteiger partial charge in [0.25, 0.3) is 5.91 Å². The van der Waals surface area contributed by atoms with E-state index in [0.29, 0.717) is 5.69 Å². The third kappa shape index (κ3) is 2.59. The summed E-state index contributed by atoms with van der Waals surface area (Å²) in [6, 6.07) is 5.13. The van der Waals surface area contributed by atoms with Crippen LogP contribution >= 0.6 is 0 Å². The van der Waals surface area contributed by atoms with Crippen LogP contribution in [0.3, 0.4) is 0 Å². The first-order valence-corrected chi connectivity index (χ1v) is 6.08. The maximum absolute atomic E-state index is 12.0. The van der Waals surface area contributed by atoms with Gasteiger partial charge in [0, 0.05) is 10.9 Å². The van der Waals surface area contributed by atoms with Gasteiger partial charge in [-0.3, -0.25) is 9.59 Å². The van der Waals surface area contributed by atoms with E-state index < -0.39 is 11.9 Å². The van der Waals surface area contributed by atoms with Gasteiger partial charge >= 0.3 is 0 Å². The molecule has 4 N–H and O–H groups in total. The van der Waals surface area contributed by atoms with Crippen molar-refractivity contribution in [3.05, 3.63) is 35.0 Å². The van der Waals surface area contributed by atoms with Crippen molar-refractivity contribution in [3.8, 4) is 0 Å². The van der Waals surface area contributed by atoms with Crippen LogP contribution in [0, 0.1) is 13.8 Å². The monoisotopic (exact) mass is 259 g/mol. The van der Waals surface area contributed by atoms with Gasteiger partial charge in [0.2, 0.25) is 5.91 Å². The highest BCUT2D eigenvalue weighted by Gasteiger charge is 2.16. The number of amides is 2. The van der Waals surface area contributed by atoms with Gasteiger partial charge in [0.15, 0.2) is 0 Å². The molecule has 0 aliphatic heterocycles. The Kier molecular flexibility index (Phi) is 3.29. The van der Waals surface area contributed by atoms with Crippen molar-refractivity contribution in [2.24, 2.45) is 5.73 Å². The summed E-state index contributed by atoms with van der Waals surface area (Å²) in [5.74, 6) is -0.893. The number of carbonyl (C=O) groups excluding carboxylic acids is 2. The van der Waals surface area contributed by atoms with Crippen LogP contribution in [0.1, 0.15) is 28.5 Å². The van der Waals surface area contributed by atoms with Gasteiger partial charge in [-0.15, -0.1) is 0 Å². The van der Waals surface area contributed by atoms with Crippen molar-refractivity contribution in [2.45, 2.75) is 26.8 Å². The standard InChI is InChI=1S/C14H17N3O2/c1-7-4-8(2)10-6-12(17-11(10)5-7)14(19)16-9(3)13(15)18/h4-6,9,17H,1-3H3,(H2,15,18)(H,16,19). The molecule has 0 aliphatic rings. The maximum Gasteiger partial charge on any atom is 0.268 e. The average molecular weight is 259 g/mol. The van der Waals surface area contributed by atoms with Crippen LogP contribution in [0.2, 0.25) is 0 Å². The minimum absolute atomic E-state index is 0.334. The van der Waals surface area contributed by atoms with Crippen LogP contribution in [0.25, 0.3) is 10.9 Å². The Morgan fingerprint density at radius 1 is 1.26 bits per heavy atom. The lowest BCUT2D eigenvalue weighted by molar-refractivity contribution is -0.119. The van der Waals surface area contributed by atoms with Crippen molar-refractivity contribution in [3.63, 3.8) is 0 Å². The second-order valence-corrected chi connectivity index (χ2v) is 4.82. The van der Waals surface area contributed by atoms with Gasteiger partial charge in [-0.25, -0.2) is 0 Å². The summed E-state index contributed by atoms with van der Waals surface area (Å²) in [5, 5.41) is 3.55. The second kappa shape index (κ2) is 4.76. The van der Waals surface area contributed by atoms with Crippen LogP contribution < -0.4 is 11.1 Å². The van der Waals surface area contributed by atoms with E-state index in [1.54, 1.807) is 13.0 Å². The molecule has 1 atom stereocenters. The molecule has 1 aromatic carbocycles. The molecule has 0 fully saturated rings. The number of H-pyrrole nitrogens is 1. The number of primary amides is 1. The molecule has 19 heavy (non-hydrogen) atoms. The first-order chi connectivity index (χ1) is 8.88. The second-order valence-electron chi connectivity index (χ2n) is 4.82. The number of aromatic nitrogens is 1. The number of rotatable bonds is 3. The Bertz CT molecular complexity index is 658. The fourth-order valence-electron chi connectivity index (χ4n) is 2.07. The van der Waals surface area contributed by atoms with Gasteiger partial charge in [-0.1, -0.05) is 6.07 Å². The number of aryl methyl sites for hydroxylation is 2. The van der Waals surface area contributed by atoms with Gasteiger partial charge in [0.1, 0.15) is 11.7 Å². The molecule has 0 spiro atoms. The Morgan fingerprint density at radius 2 is 1.95 bits per heavy atom. The highest BCUT2D eigenvalue weighted by atomic mass is 16.2. The molecule has 1 aromatic heterocycles. The van der Waals surface area contributed by atoms with E-state index in [0.717, 1.165) is 22.0 Å². The van der Waals surface area contributed by atoms with Crippen molar-refractivity contribution in [2.75, 3.05) is 0 Å². The highest BCUT2D eigenvalue weighted by Crippen LogP contribution is 2.21. The summed E-state index contributed by atoms with van der Waals surface area (Å²) in [7, 11) is 0. The fourth-order valence-corrected chi connectivity index (χ4v) is 2.07. The Labute approximate surface area is 111 Å². The topological polar surface area (TPSA) is 88.0 Å². The van der Waals surface area contributed by atoms with Gasteiger partial charge in [-0.2, -0.15) is 0 Å². The molecule has 2 aromatic rings. The number of fused-ring (bicyclic) bond motifs is 1. The summed E-state index contributed by atoms with van der Waals surface area (Å²) < 4.78 is 0. The van der Waals surface area contributed by atoms with Crippen molar-refractivity contribution in [1.82, 2.24) is 10.3 Å². The number of hydrogen-bond donors (Lipinski definition) is 3. The van der Waals surface area contributed by atoms with Gasteiger partial charge in [-0.05, 0) is 44.0 Å². The SMILES string of the molecule is Cc1cc(C)c2cc(C(=O)NC(C)C(N)=O)[nH]c2c1. The Balaban J connectivity index is 2.33. The maximum atomic E-state index is 12.0. The predicted molar refractivity (Wildman–Crippen MR) is 73.9 cm³/mol. The lowest BCUT2D eigenvalue weighted by Gasteiger charge is -2.08. The van der Waals surface area contributed by atoms with Gasteiger partial charge < -0.3 is 16.0 Å². The average Bonchev–Trinajstić information content (AvgIpc) is 2.72. The number of nitrogens with two attached hydrogens (primary N) is 1. The van der Waals surface area contributed by atoms with E-state index in [-0.39, 0.29) is 5.91 Å². The lowest BCUT2D eigenvalue weighted by atomic mass is 10.1. The van der Waals surface area contributed by atoms with E-state index in [1.165, 1.54) is 0 Å². The summed E-state index contributed by atoms with van der Waals surface area (Å²) in [6.07, 6.45) is 0. The third-order valence-electron chi connectivity index (χ3n) is 3.11. The van der Waals surface area contributed by atoms with Crippen LogP contribution in [0.15, 0.2) is 18.2 Å². The predicted octanol–water partition coefficient (Wildman–Crippen LogP) is 1.39. The van der Waals surface area contributed by atoms with E-state index in [2.05, 4.69) is 16.4 Å². The molecule has 5 nitrogen and oxygen atoms in total. The molecule has 0 saturated carbocycles. The molecule has 0 saturated heterocycles. The van der Waals surface area contributed by atoms with Crippen molar-refractivity contribution in [1.29, 1.82) is 0 Å². The van der Waals surface area contributed by atoms with E-state index in [9.17, 15) is 9.59 Å². The normalized spacial score (nSPS) is 12.4. The van der Waals surface area contributed by atoms with E-state index in [1.807, 2.05) is 19.9 Å². The molecule has 0 aliphatic carbocycles. The zero-order chi connectivity index (χ0) is 14.2. The first kappa shape index (κ1) is 13.1. The third-order valence-corrected chi connectivity index (χ3v) is 3.11. The molecule has 1 heterocycles. The van der Waals surface area contributed by atoms with Gasteiger partial charge in [0.05, 0.1) is 0 Å².